The number of hydrogen-bond acceptors (Lipinski definition) is 7. The van der Waals surface area contributed by atoms with Crippen LogP contribution >= 0.6 is 0 Å². The van der Waals surface area contributed by atoms with Crippen molar-refractivity contribution in [3.05, 3.63) is 28.1 Å². The Bertz CT molecular complexity index is 632. The molecule has 0 fully saturated rings. The molecule has 1 atom stereocenters. The lowest BCUT2D eigenvalue weighted by Gasteiger charge is -2.03. The molecule has 0 radical (unpaired) electrons. The molecule has 0 bridgehead atoms. The van der Waals surface area contributed by atoms with E-state index in [1.165, 1.54) is 12.1 Å². The lowest BCUT2D eigenvalue weighted by atomic mass is 10.0. The number of furan rings is 1. The first kappa shape index (κ1) is 13.7. The molecule has 9 nitrogen and oxygen atoms in total. The van der Waals surface area contributed by atoms with Crippen LogP contribution in [0, 0.1) is 16.0 Å². The summed E-state index contributed by atoms with van der Waals surface area (Å²) in [6.45, 7) is 1.75. The molecule has 2 heterocycles. The molecular formula is C11H11N3O6. The van der Waals surface area contributed by atoms with E-state index in [1.54, 1.807) is 6.92 Å². The number of rotatable bonds is 6. The first-order chi connectivity index (χ1) is 9.45. The van der Waals surface area contributed by atoms with E-state index in [9.17, 15) is 14.9 Å². The van der Waals surface area contributed by atoms with Crippen LogP contribution < -0.4 is 0 Å². The van der Waals surface area contributed by atoms with Gasteiger partial charge in [0.05, 0.1) is 6.07 Å². The SMILES string of the molecule is CC(CC(=O)O)Cc1nnc(-c2ccc([N+](=O)[O-])o2)o1. The number of aliphatic carboxylic acids is 1. The third kappa shape index (κ3) is 3.19. The van der Waals surface area contributed by atoms with Gasteiger partial charge in [-0.3, -0.25) is 14.9 Å². The van der Waals surface area contributed by atoms with Gasteiger partial charge in [0.25, 0.3) is 5.89 Å². The maximum atomic E-state index is 10.5. The third-order valence-electron chi connectivity index (χ3n) is 2.50. The second-order valence-corrected chi connectivity index (χ2v) is 4.30. The van der Waals surface area contributed by atoms with Gasteiger partial charge in [-0.05, 0) is 12.0 Å². The van der Waals surface area contributed by atoms with Crippen LogP contribution in [0.5, 0.6) is 0 Å². The standard InChI is InChI=1S/C11H11N3O6/c1-6(5-10(15)16)4-8-12-13-11(20-8)7-2-3-9(19-7)14(17)18/h2-3,6H,4-5H2,1H3,(H,15,16). The number of carboxylic acid groups (broad SMARTS) is 1. The summed E-state index contributed by atoms with van der Waals surface area (Å²) in [5.41, 5.74) is 0. The molecule has 0 aliphatic carbocycles. The molecule has 0 aromatic carbocycles. The third-order valence-corrected chi connectivity index (χ3v) is 2.50. The molecule has 1 N–H and O–H groups in total. The molecule has 9 heteroatoms. The van der Waals surface area contributed by atoms with Gasteiger partial charge in [0.15, 0.2) is 5.76 Å². The Morgan fingerprint density at radius 2 is 2.20 bits per heavy atom. The predicted octanol–water partition coefficient (Wildman–Crippen LogP) is 1.89. The molecule has 0 amide bonds. The highest BCUT2D eigenvalue weighted by Crippen LogP contribution is 2.25. The van der Waals surface area contributed by atoms with Crippen molar-refractivity contribution in [1.82, 2.24) is 10.2 Å². The lowest BCUT2D eigenvalue weighted by molar-refractivity contribution is -0.401. The van der Waals surface area contributed by atoms with Crippen molar-refractivity contribution in [2.75, 3.05) is 0 Å². The second kappa shape index (κ2) is 5.51. The van der Waals surface area contributed by atoms with Crippen molar-refractivity contribution in [3.8, 4) is 11.7 Å². The van der Waals surface area contributed by atoms with Crippen LogP contribution in [-0.2, 0) is 11.2 Å². The predicted molar refractivity (Wildman–Crippen MR) is 63.8 cm³/mol. The summed E-state index contributed by atoms with van der Waals surface area (Å²) < 4.78 is 10.2. The Morgan fingerprint density at radius 1 is 1.45 bits per heavy atom. The summed E-state index contributed by atoms with van der Waals surface area (Å²) >= 11 is 0. The fourth-order valence-corrected chi connectivity index (χ4v) is 1.64. The fourth-order valence-electron chi connectivity index (χ4n) is 1.64. The minimum atomic E-state index is -0.904. The molecule has 0 aliphatic heterocycles. The van der Waals surface area contributed by atoms with Gasteiger partial charge in [-0.25, -0.2) is 0 Å². The monoisotopic (exact) mass is 281 g/mol. The number of aromatic nitrogens is 2. The zero-order valence-corrected chi connectivity index (χ0v) is 10.5. The van der Waals surface area contributed by atoms with Crippen molar-refractivity contribution < 1.29 is 23.7 Å². The van der Waals surface area contributed by atoms with E-state index >= 15 is 0 Å². The molecule has 0 spiro atoms. The molecule has 0 saturated heterocycles. The Kier molecular flexibility index (Phi) is 3.78. The average Bonchev–Trinajstić information content (AvgIpc) is 2.94. The number of carbonyl (C=O) groups is 1. The Morgan fingerprint density at radius 3 is 2.80 bits per heavy atom. The van der Waals surface area contributed by atoms with E-state index in [0.29, 0.717) is 6.42 Å². The van der Waals surface area contributed by atoms with Gasteiger partial charge < -0.3 is 13.9 Å². The van der Waals surface area contributed by atoms with Crippen LogP contribution in [0.4, 0.5) is 5.88 Å². The number of nitro groups is 1. The van der Waals surface area contributed by atoms with Crippen LogP contribution in [0.3, 0.4) is 0 Å². The van der Waals surface area contributed by atoms with Crippen molar-refractivity contribution >= 4 is 11.9 Å². The summed E-state index contributed by atoms with van der Waals surface area (Å²) in [4.78, 5) is 20.4. The van der Waals surface area contributed by atoms with Crippen molar-refractivity contribution in [2.45, 2.75) is 19.8 Å². The maximum Gasteiger partial charge on any atom is 0.433 e. The van der Waals surface area contributed by atoms with Gasteiger partial charge in [-0.2, -0.15) is 0 Å². The van der Waals surface area contributed by atoms with Crippen LogP contribution in [0.25, 0.3) is 11.7 Å². The molecule has 0 aliphatic rings. The lowest BCUT2D eigenvalue weighted by Crippen LogP contribution is -2.07. The minimum absolute atomic E-state index is 0.00998. The molecule has 1 unspecified atom stereocenters. The average molecular weight is 281 g/mol. The van der Waals surface area contributed by atoms with E-state index < -0.39 is 16.8 Å². The highest BCUT2D eigenvalue weighted by atomic mass is 16.6. The Balaban J connectivity index is 2.08. The molecule has 20 heavy (non-hydrogen) atoms. The van der Waals surface area contributed by atoms with Crippen LogP contribution in [0.1, 0.15) is 19.2 Å². The molecule has 106 valence electrons. The summed E-state index contributed by atoms with van der Waals surface area (Å²) in [7, 11) is 0. The van der Waals surface area contributed by atoms with Gasteiger partial charge in [0.2, 0.25) is 5.89 Å². The number of hydrogen-bond donors (Lipinski definition) is 1. The molecule has 2 rings (SSSR count). The summed E-state index contributed by atoms with van der Waals surface area (Å²) in [5.74, 6) is -1.10. The van der Waals surface area contributed by atoms with Gasteiger partial charge in [0, 0.05) is 12.8 Å². The quantitative estimate of drug-likeness (QED) is 0.626. The van der Waals surface area contributed by atoms with Gasteiger partial charge >= 0.3 is 11.9 Å². The van der Waals surface area contributed by atoms with Crippen molar-refractivity contribution in [3.63, 3.8) is 0 Å². The van der Waals surface area contributed by atoms with E-state index in [2.05, 4.69) is 10.2 Å². The van der Waals surface area contributed by atoms with Gasteiger partial charge in [-0.1, -0.05) is 6.92 Å². The zero-order chi connectivity index (χ0) is 14.7. The van der Waals surface area contributed by atoms with Crippen molar-refractivity contribution in [2.24, 2.45) is 5.92 Å². The van der Waals surface area contributed by atoms with Crippen LogP contribution in [0.2, 0.25) is 0 Å². The molecule has 2 aromatic heterocycles. The summed E-state index contributed by atoms with van der Waals surface area (Å²) in [5, 5.41) is 26.6. The summed E-state index contributed by atoms with van der Waals surface area (Å²) in [6.07, 6.45) is 0.298. The van der Waals surface area contributed by atoms with E-state index in [1.807, 2.05) is 0 Å². The molecule has 2 aromatic rings. The second-order valence-electron chi connectivity index (χ2n) is 4.30. The molecule has 0 saturated carbocycles. The minimum Gasteiger partial charge on any atom is -0.481 e. The smallest absolute Gasteiger partial charge is 0.433 e. The van der Waals surface area contributed by atoms with Gasteiger partial charge in [0.1, 0.15) is 4.92 Å². The van der Waals surface area contributed by atoms with E-state index in [0.717, 1.165) is 0 Å². The van der Waals surface area contributed by atoms with Crippen molar-refractivity contribution in [1.29, 1.82) is 0 Å². The van der Waals surface area contributed by atoms with E-state index in [4.69, 9.17) is 13.9 Å². The Hall–Kier alpha value is -2.71. The largest absolute Gasteiger partial charge is 0.481 e. The summed E-state index contributed by atoms with van der Waals surface area (Å²) in [6, 6.07) is 2.54. The first-order valence-corrected chi connectivity index (χ1v) is 5.74. The highest BCUT2D eigenvalue weighted by Gasteiger charge is 2.19. The number of carboxylic acids is 1. The topological polar surface area (TPSA) is 132 Å². The normalized spacial score (nSPS) is 12.2. The first-order valence-electron chi connectivity index (χ1n) is 5.74. The van der Waals surface area contributed by atoms with Crippen LogP contribution in [-0.4, -0.2) is 26.2 Å². The highest BCUT2D eigenvalue weighted by molar-refractivity contribution is 5.66. The van der Waals surface area contributed by atoms with Crippen LogP contribution in [0.15, 0.2) is 21.0 Å². The number of nitrogens with zero attached hydrogens (tertiary/aromatic N) is 3. The fraction of sp³-hybridized carbons (Fsp3) is 0.364. The molecular weight excluding hydrogens is 270 g/mol. The van der Waals surface area contributed by atoms with Gasteiger partial charge in [-0.15, -0.1) is 10.2 Å². The maximum absolute atomic E-state index is 10.5. The Labute approximate surface area is 112 Å². The van der Waals surface area contributed by atoms with E-state index in [-0.39, 0.29) is 29.9 Å². The zero-order valence-electron chi connectivity index (χ0n) is 10.5.